The molecule has 0 radical (unpaired) electrons. The SMILES string of the molecule is O=C(Cn1ncccc1=O)N1CCS[C@@H](c2ccccc2Cl)CC1. The number of aromatic nitrogens is 2. The number of thioether (sulfide) groups is 1. The lowest BCUT2D eigenvalue weighted by Gasteiger charge is -2.20. The lowest BCUT2D eigenvalue weighted by molar-refractivity contribution is -0.131. The molecule has 3 rings (SSSR count). The van der Waals surface area contributed by atoms with Gasteiger partial charge in [-0.2, -0.15) is 16.9 Å². The van der Waals surface area contributed by atoms with Crippen LogP contribution in [0.25, 0.3) is 0 Å². The molecule has 0 spiro atoms. The van der Waals surface area contributed by atoms with Crippen molar-refractivity contribution in [2.45, 2.75) is 18.2 Å². The summed E-state index contributed by atoms with van der Waals surface area (Å²) in [5.41, 5.74) is 0.864. The largest absolute Gasteiger partial charge is 0.340 e. The van der Waals surface area contributed by atoms with E-state index in [1.165, 1.54) is 16.9 Å². The van der Waals surface area contributed by atoms with Crippen LogP contribution in [0.3, 0.4) is 0 Å². The molecule has 0 aliphatic carbocycles. The van der Waals surface area contributed by atoms with Crippen molar-refractivity contribution in [2.75, 3.05) is 18.8 Å². The van der Waals surface area contributed by atoms with Gasteiger partial charge < -0.3 is 4.90 Å². The second-order valence-corrected chi connectivity index (χ2v) is 7.29. The number of carbonyl (C=O) groups is 1. The Balaban J connectivity index is 1.65. The normalized spacial score (nSPS) is 18.2. The van der Waals surface area contributed by atoms with Crippen molar-refractivity contribution in [3.63, 3.8) is 0 Å². The Morgan fingerprint density at radius 3 is 2.88 bits per heavy atom. The maximum Gasteiger partial charge on any atom is 0.267 e. The highest BCUT2D eigenvalue weighted by Crippen LogP contribution is 2.37. The third-order valence-corrected chi connectivity index (χ3v) is 5.67. The van der Waals surface area contributed by atoms with Crippen molar-refractivity contribution in [3.8, 4) is 0 Å². The van der Waals surface area contributed by atoms with E-state index in [1.54, 1.807) is 6.07 Å². The molecule has 5 nitrogen and oxygen atoms in total. The van der Waals surface area contributed by atoms with Gasteiger partial charge in [0, 0.05) is 41.4 Å². The van der Waals surface area contributed by atoms with Crippen molar-refractivity contribution in [1.82, 2.24) is 14.7 Å². The first kappa shape index (κ1) is 17.0. The van der Waals surface area contributed by atoms with Crippen LogP contribution in [-0.4, -0.2) is 39.4 Å². The molecule has 0 N–H and O–H groups in total. The molecule has 0 saturated carbocycles. The Hall–Kier alpha value is -1.79. The topological polar surface area (TPSA) is 55.2 Å². The van der Waals surface area contributed by atoms with Gasteiger partial charge in [0.1, 0.15) is 6.54 Å². The van der Waals surface area contributed by atoms with E-state index in [1.807, 2.05) is 40.9 Å². The zero-order valence-corrected chi connectivity index (χ0v) is 14.7. The zero-order chi connectivity index (χ0) is 16.9. The minimum atomic E-state index is -0.260. The zero-order valence-electron chi connectivity index (χ0n) is 13.1. The molecule has 126 valence electrons. The van der Waals surface area contributed by atoms with Gasteiger partial charge in [0.25, 0.3) is 5.56 Å². The molecule has 2 aromatic rings. The molecular weight excluding hydrogens is 346 g/mol. The van der Waals surface area contributed by atoms with Gasteiger partial charge in [-0.1, -0.05) is 29.8 Å². The maximum atomic E-state index is 12.5. The van der Waals surface area contributed by atoms with E-state index < -0.39 is 0 Å². The maximum absolute atomic E-state index is 12.5. The molecule has 7 heteroatoms. The van der Waals surface area contributed by atoms with Gasteiger partial charge in [-0.15, -0.1) is 0 Å². The van der Waals surface area contributed by atoms with Gasteiger partial charge in [0.05, 0.1) is 0 Å². The molecule has 0 unspecified atom stereocenters. The monoisotopic (exact) mass is 363 g/mol. The van der Waals surface area contributed by atoms with Crippen LogP contribution in [0.2, 0.25) is 5.02 Å². The van der Waals surface area contributed by atoms with Gasteiger partial charge >= 0.3 is 0 Å². The summed E-state index contributed by atoms with van der Waals surface area (Å²) in [5, 5.41) is 5.00. The fraction of sp³-hybridized carbons (Fsp3) is 0.353. The fourth-order valence-corrected chi connectivity index (χ4v) is 4.34. The van der Waals surface area contributed by atoms with E-state index in [4.69, 9.17) is 11.6 Å². The summed E-state index contributed by atoms with van der Waals surface area (Å²) >= 11 is 8.11. The highest BCUT2D eigenvalue weighted by atomic mass is 35.5. The average molecular weight is 364 g/mol. The number of carbonyl (C=O) groups excluding carboxylic acids is 1. The standard InChI is InChI=1S/C17H18ClN3O2S/c18-14-5-2-1-4-13(14)15-7-9-20(10-11-24-15)17(23)12-21-16(22)6-3-8-19-21/h1-6,8,15H,7,9-12H2/t15-/m1/s1. The number of benzene rings is 1. The van der Waals surface area contributed by atoms with Crippen LogP contribution in [0.4, 0.5) is 0 Å². The van der Waals surface area contributed by atoms with Crippen molar-refractivity contribution in [3.05, 3.63) is 63.5 Å². The molecule has 1 fully saturated rings. The first-order valence-corrected chi connectivity index (χ1v) is 9.24. The predicted molar refractivity (Wildman–Crippen MR) is 96.3 cm³/mol. The number of halogens is 1. The minimum Gasteiger partial charge on any atom is -0.340 e. The Bertz CT molecular complexity index is 780. The fourth-order valence-electron chi connectivity index (χ4n) is 2.74. The smallest absolute Gasteiger partial charge is 0.267 e. The van der Waals surface area contributed by atoms with Crippen LogP contribution >= 0.6 is 23.4 Å². The molecule has 1 saturated heterocycles. The molecule has 1 aliphatic heterocycles. The summed E-state index contributed by atoms with van der Waals surface area (Å²) in [5.74, 6) is 0.773. The van der Waals surface area contributed by atoms with Crippen LogP contribution in [0.15, 0.2) is 47.4 Å². The summed E-state index contributed by atoms with van der Waals surface area (Å²) < 4.78 is 1.20. The summed E-state index contributed by atoms with van der Waals surface area (Å²) in [6, 6.07) is 10.8. The second-order valence-electron chi connectivity index (χ2n) is 5.57. The molecular formula is C17H18ClN3O2S. The van der Waals surface area contributed by atoms with Gasteiger partial charge in [0.2, 0.25) is 5.91 Å². The molecule has 1 amide bonds. The molecule has 2 heterocycles. The molecule has 1 aliphatic rings. The summed E-state index contributed by atoms with van der Waals surface area (Å²) in [7, 11) is 0. The van der Waals surface area contributed by atoms with E-state index in [2.05, 4.69) is 5.10 Å². The quantitative estimate of drug-likeness (QED) is 0.841. The minimum absolute atomic E-state index is 0.0128. The third-order valence-electron chi connectivity index (χ3n) is 4.02. The third kappa shape index (κ3) is 3.99. The Labute approximate surface area is 149 Å². The van der Waals surface area contributed by atoms with Crippen molar-refractivity contribution in [2.24, 2.45) is 0 Å². The van der Waals surface area contributed by atoms with E-state index in [9.17, 15) is 9.59 Å². The van der Waals surface area contributed by atoms with Gasteiger partial charge in [-0.05, 0) is 24.1 Å². The highest BCUT2D eigenvalue weighted by molar-refractivity contribution is 7.99. The van der Waals surface area contributed by atoms with E-state index >= 15 is 0 Å². The van der Waals surface area contributed by atoms with Crippen molar-refractivity contribution < 1.29 is 4.79 Å². The lowest BCUT2D eigenvalue weighted by Crippen LogP contribution is -2.38. The van der Waals surface area contributed by atoms with Gasteiger partial charge in [-0.25, -0.2) is 4.68 Å². The summed E-state index contributed by atoms with van der Waals surface area (Å²) in [6.07, 6.45) is 2.36. The first-order valence-electron chi connectivity index (χ1n) is 7.81. The molecule has 0 bridgehead atoms. The van der Waals surface area contributed by atoms with E-state index in [0.29, 0.717) is 13.1 Å². The number of amides is 1. The van der Waals surface area contributed by atoms with Crippen LogP contribution in [0.5, 0.6) is 0 Å². The van der Waals surface area contributed by atoms with E-state index in [0.717, 1.165) is 22.8 Å². The molecule has 1 atom stereocenters. The van der Waals surface area contributed by atoms with Crippen LogP contribution in [-0.2, 0) is 11.3 Å². The molecule has 1 aromatic heterocycles. The Morgan fingerprint density at radius 1 is 1.25 bits per heavy atom. The van der Waals surface area contributed by atoms with Crippen LogP contribution in [0, 0.1) is 0 Å². The predicted octanol–water partition coefficient (Wildman–Crippen LogP) is 2.60. The molecule has 24 heavy (non-hydrogen) atoms. The van der Waals surface area contributed by atoms with Crippen molar-refractivity contribution in [1.29, 1.82) is 0 Å². The van der Waals surface area contributed by atoms with Crippen molar-refractivity contribution >= 4 is 29.3 Å². The van der Waals surface area contributed by atoms with Crippen LogP contribution < -0.4 is 5.56 Å². The number of nitrogens with zero attached hydrogens (tertiary/aromatic N) is 3. The number of rotatable bonds is 3. The van der Waals surface area contributed by atoms with E-state index in [-0.39, 0.29) is 23.3 Å². The summed E-state index contributed by atoms with van der Waals surface area (Å²) in [6.45, 7) is 1.32. The van der Waals surface area contributed by atoms with Gasteiger partial charge in [-0.3, -0.25) is 9.59 Å². The second kappa shape index (κ2) is 7.85. The summed E-state index contributed by atoms with van der Waals surface area (Å²) in [4.78, 5) is 26.0. The van der Waals surface area contributed by atoms with Crippen LogP contribution in [0.1, 0.15) is 17.2 Å². The highest BCUT2D eigenvalue weighted by Gasteiger charge is 2.23. The average Bonchev–Trinajstić information content (AvgIpc) is 2.83. The Morgan fingerprint density at radius 2 is 2.08 bits per heavy atom. The molecule has 1 aromatic carbocycles. The number of hydrogen-bond acceptors (Lipinski definition) is 4. The Kier molecular flexibility index (Phi) is 5.58. The number of hydrogen-bond donors (Lipinski definition) is 0. The van der Waals surface area contributed by atoms with Gasteiger partial charge in [0.15, 0.2) is 0 Å². The lowest BCUT2D eigenvalue weighted by atomic mass is 10.1. The first-order chi connectivity index (χ1) is 11.6.